The molecule has 254 valence electrons. The van der Waals surface area contributed by atoms with Crippen LogP contribution in [0.4, 0.5) is 10.5 Å². The van der Waals surface area contributed by atoms with Crippen molar-refractivity contribution in [2.75, 3.05) is 31.1 Å². The van der Waals surface area contributed by atoms with Crippen molar-refractivity contribution in [1.29, 1.82) is 0 Å². The van der Waals surface area contributed by atoms with Gasteiger partial charge in [0.1, 0.15) is 30.9 Å². The molecule has 2 aliphatic rings. The number of carbonyl (C=O) groups is 3. The number of esters is 1. The Hall–Kier alpha value is -3.98. The number of amides is 2. The first-order valence-corrected chi connectivity index (χ1v) is 16.8. The molecular formula is C37H49N3O7. The molecule has 2 heterocycles. The summed E-state index contributed by atoms with van der Waals surface area (Å²) in [6.45, 7) is 8.88. The lowest BCUT2D eigenvalue weighted by atomic mass is 9.87. The van der Waals surface area contributed by atoms with Crippen LogP contribution in [-0.4, -0.2) is 72.9 Å². The van der Waals surface area contributed by atoms with Crippen LogP contribution in [0, 0.1) is 5.92 Å². The second-order valence-corrected chi connectivity index (χ2v) is 13.2. The average molecular weight is 648 g/mol. The van der Waals surface area contributed by atoms with Crippen molar-refractivity contribution in [3.63, 3.8) is 0 Å². The first kappa shape index (κ1) is 35.9. The summed E-state index contributed by atoms with van der Waals surface area (Å²) in [4.78, 5) is 54.5. The maximum absolute atomic E-state index is 13.9. The highest BCUT2D eigenvalue weighted by Crippen LogP contribution is 2.29. The SMILES string of the molecule is CCOC(CCCC(=C=O)C1CCN(C(=O)OCc2ccccc2)CC1)NC1CCc2ccccc2N(CC(=O)OC(C)(C)C)C1=O. The Labute approximate surface area is 278 Å². The second kappa shape index (κ2) is 17.3. The number of ether oxygens (including phenoxy) is 3. The Morgan fingerprint density at radius 1 is 1.02 bits per heavy atom. The summed E-state index contributed by atoms with van der Waals surface area (Å²) in [6.07, 6.45) is 3.66. The third-order valence-corrected chi connectivity index (χ3v) is 8.51. The molecule has 2 aromatic carbocycles. The van der Waals surface area contributed by atoms with E-state index in [0.29, 0.717) is 64.6 Å². The fourth-order valence-corrected chi connectivity index (χ4v) is 6.21. The van der Waals surface area contributed by atoms with Gasteiger partial charge in [-0.15, -0.1) is 0 Å². The molecule has 2 atom stereocenters. The highest BCUT2D eigenvalue weighted by molar-refractivity contribution is 6.02. The largest absolute Gasteiger partial charge is 0.459 e. The van der Waals surface area contributed by atoms with Crippen LogP contribution in [0.2, 0.25) is 0 Å². The van der Waals surface area contributed by atoms with Crippen molar-refractivity contribution in [1.82, 2.24) is 10.2 Å². The summed E-state index contributed by atoms with van der Waals surface area (Å²) < 4.78 is 17.0. The van der Waals surface area contributed by atoms with Crippen LogP contribution in [0.15, 0.2) is 60.2 Å². The zero-order chi connectivity index (χ0) is 33.8. The van der Waals surface area contributed by atoms with Crippen LogP contribution < -0.4 is 10.2 Å². The number of fused-ring (bicyclic) bond motifs is 1. The van der Waals surface area contributed by atoms with Crippen molar-refractivity contribution >= 4 is 29.6 Å². The number of carbonyl (C=O) groups excluding carboxylic acids is 4. The van der Waals surface area contributed by atoms with Crippen LogP contribution in [0.3, 0.4) is 0 Å². The van der Waals surface area contributed by atoms with Crippen LogP contribution in [0.5, 0.6) is 0 Å². The lowest BCUT2D eigenvalue weighted by Crippen LogP contribution is -2.51. The number of aryl methyl sites for hydroxylation is 1. The van der Waals surface area contributed by atoms with Gasteiger partial charge >= 0.3 is 12.1 Å². The highest BCUT2D eigenvalue weighted by atomic mass is 16.6. The molecule has 2 amide bonds. The molecule has 10 nitrogen and oxygen atoms in total. The maximum atomic E-state index is 13.9. The van der Waals surface area contributed by atoms with Gasteiger partial charge in [-0.1, -0.05) is 48.5 Å². The van der Waals surface area contributed by atoms with Gasteiger partial charge in [-0.25, -0.2) is 9.59 Å². The maximum Gasteiger partial charge on any atom is 0.410 e. The first-order chi connectivity index (χ1) is 22.6. The molecule has 1 N–H and O–H groups in total. The fourth-order valence-electron chi connectivity index (χ4n) is 6.21. The Kier molecular flexibility index (Phi) is 13.2. The van der Waals surface area contributed by atoms with E-state index in [4.69, 9.17) is 14.2 Å². The number of likely N-dealkylation sites (tertiary alicyclic amines) is 1. The molecule has 4 rings (SSSR count). The quantitative estimate of drug-likeness (QED) is 0.170. The molecule has 1 fully saturated rings. The van der Waals surface area contributed by atoms with Crippen molar-refractivity contribution in [3.8, 4) is 0 Å². The number of piperidine rings is 1. The number of benzene rings is 2. The van der Waals surface area contributed by atoms with E-state index in [9.17, 15) is 19.2 Å². The van der Waals surface area contributed by atoms with Gasteiger partial charge in [0.2, 0.25) is 5.91 Å². The summed E-state index contributed by atoms with van der Waals surface area (Å²) in [6, 6.07) is 16.7. The minimum Gasteiger partial charge on any atom is -0.459 e. The van der Waals surface area contributed by atoms with E-state index in [-0.39, 0.29) is 31.1 Å². The zero-order valence-corrected chi connectivity index (χ0v) is 28.2. The molecule has 0 saturated carbocycles. The minimum absolute atomic E-state index is 0.0625. The minimum atomic E-state index is -0.663. The number of nitrogens with zero attached hydrogens (tertiary/aromatic N) is 2. The van der Waals surface area contributed by atoms with E-state index in [0.717, 1.165) is 22.4 Å². The van der Waals surface area contributed by atoms with Gasteiger partial charge < -0.3 is 19.1 Å². The van der Waals surface area contributed by atoms with Gasteiger partial charge in [-0.3, -0.25) is 19.8 Å². The topological polar surface area (TPSA) is 114 Å². The normalized spacial score (nSPS) is 17.7. The third-order valence-electron chi connectivity index (χ3n) is 8.51. The van der Waals surface area contributed by atoms with Crippen LogP contribution >= 0.6 is 0 Å². The predicted molar refractivity (Wildman–Crippen MR) is 179 cm³/mol. The molecular weight excluding hydrogens is 598 g/mol. The van der Waals surface area contributed by atoms with Gasteiger partial charge in [0, 0.05) is 31.0 Å². The number of nitrogens with one attached hydrogen (secondary N) is 1. The number of allylic oxidation sites excluding steroid dienone is 1. The molecule has 47 heavy (non-hydrogen) atoms. The fraction of sp³-hybridized carbons (Fsp3) is 0.541. The van der Waals surface area contributed by atoms with E-state index >= 15 is 0 Å². The summed E-state index contributed by atoms with van der Waals surface area (Å²) >= 11 is 0. The molecule has 0 aliphatic carbocycles. The average Bonchev–Trinajstić information content (AvgIpc) is 3.18. The summed E-state index contributed by atoms with van der Waals surface area (Å²) in [5.74, 6) is 1.58. The van der Waals surface area contributed by atoms with Crippen molar-refractivity contribution in [2.24, 2.45) is 5.92 Å². The highest BCUT2D eigenvalue weighted by Gasteiger charge is 2.34. The van der Waals surface area contributed by atoms with Gasteiger partial charge in [0.15, 0.2) is 0 Å². The molecule has 0 radical (unpaired) electrons. The molecule has 2 aliphatic heterocycles. The number of para-hydroxylation sites is 1. The van der Waals surface area contributed by atoms with E-state index < -0.39 is 23.8 Å². The Balaban J connectivity index is 1.29. The first-order valence-electron chi connectivity index (χ1n) is 16.8. The standard InChI is InChI=1S/C37H49N3O7/c1-5-45-33(38-31-19-18-29-14-9-10-16-32(29)40(35(31)43)24-34(42)47-37(2,3)4)17-11-15-30(25-41)28-20-22-39(23-21-28)36(44)46-26-27-12-7-6-8-13-27/h6-10,12-14,16,28,31,33,38H,5,11,15,17-24,26H2,1-4H3. The number of anilines is 1. The lowest BCUT2D eigenvalue weighted by Gasteiger charge is -2.32. The number of rotatable bonds is 13. The Morgan fingerprint density at radius 2 is 1.72 bits per heavy atom. The van der Waals surface area contributed by atoms with E-state index in [1.165, 1.54) is 4.90 Å². The number of hydrogen-bond donors (Lipinski definition) is 1. The van der Waals surface area contributed by atoms with E-state index in [1.54, 1.807) is 25.7 Å². The second-order valence-electron chi connectivity index (χ2n) is 13.2. The van der Waals surface area contributed by atoms with Crippen molar-refractivity contribution < 1.29 is 33.4 Å². The third kappa shape index (κ3) is 10.8. The van der Waals surface area contributed by atoms with Gasteiger partial charge in [0.25, 0.3) is 0 Å². The van der Waals surface area contributed by atoms with E-state index in [1.807, 2.05) is 61.5 Å². The molecule has 2 aromatic rings. The Morgan fingerprint density at radius 3 is 2.40 bits per heavy atom. The molecule has 0 bridgehead atoms. The lowest BCUT2D eigenvalue weighted by molar-refractivity contribution is -0.153. The molecule has 0 aromatic heterocycles. The molecule has 2 unspecified atom stereocenters. The smallest absolute Gasteiger partial charge is 0.410 e. The summed E-state index contributed by atoms with van der Waals surface area (Å²) in [5, 5.41) is 3.41. The van der Waals surface area contributed by atoms with Crippen LogP contribution in [0.1, 0.15) is 77.3 Å². The van der Waals surface area contributed by atoms with Gasteiger partial charge in [-0.2, -0.15) is 0 Å². The summed E-state index contributed by atoms with van der Waals surface area (Å²) in [7, 11) is 0. The van der Waals surface area contributed by atoms with Gasteiger partial charge in [0.05, 0.1) is 6.04 Å². The number of hydrogen-bond acceptors (Lipinski definition) is 8. The monoisotopic (exact) mass is 647 g/mol. The van der Waals surface area contributed by atoms with Crippen LogP contribution in [0.25, 0.3) is 0 Å². The Bertz CT molecular complexity index is 1390. The van der Waals surface area contributed by atoms with Crippen LogP contribution in [-0.2, 0) is 41.6 Å². The molecule has 1 saturated heterocycles. The molecule has 10 heteroatoms. The van der Waals surface area contributed by atoms with Gasteiger partial charge in [-0.05, 0) is 95.8 Å². The molecule has 0 spiro atoms. The van der Waals surface area contributed by atoms with Crippen molar-refractivity contribution in [3.05, 3.63) is 71.3 Å². The predicted octanol–water partition coefficient (Wildman–Crippen LogP) is 5.61. The van der Waals surface area contributed by atoms with E-state index in [2.05, 4.69) is 11.3 Å². The van der Waals surface area contributed by atoms with Crippen molar-refractivity contribution in [2.45, 2.75) is 97.1 Å². The summed E-state index contributed by atoms with van der Waals surface area (Å²) in [5.41, 5.74) is 2.72. The zero-order valence-electron chi connectivity index (χ0n) is 28.2.